The van der Waals surface area contributed by atoms with Crippen LogP contribution in [0.3, 0.4) is 0 Å². The number of aromatic nitrogens is 2. The highest BCUT2D eigenvalue weighted by Crippen LogP contribution is 2.33. The van der Waals surface area contributed by atoms with Crippen molar-refractivity contribution in [1.82, 2.24) is 9.78 Å². The molecule has 0 amide bonds. The summed E-state index contributed by atoms with van der Waals surface area (Å²) < 4.78 is 34.6. The molecule has 5 nitrogen and oxygen atoms in total. The molecule has 0 aliphatic carbocycles. The van der Waals surface area contributed by atoms with Crippen LogP contribution in [0.5, 0.6) is 5.75 Å². The molecular weight excluding hydrogens is 352 g/mol. The van der Waals surface area contributed by atoms with Crippen LogP contribution >= 0.6 is 0 Å². The van der Waals surface area contributed by atoms with Crippen LogP contribution in [0.4, 0.5) is 8.78 Å². The summed E-state index contributed by atoms with van der Waals surface area (Å²) in [7, 11) is 1.37. The topological polar surface area (TPSA) is 67.9 Å². The zero-order chi connectivity index (χ0) is 19.6. The number of ether oxygens (including phenoxy) is 1. The predicted octanol–water partition coefficient (Wildman–Crippen LogP) is 3.96. The molecule has 0 aliphatic heterocycles. The number of methoxy groups -OCH3 is 1. The number of halogens is 2. The van der Waals surface area contributed by atoms with Crippen LogP contribution < -0.4 is 4.74 Å². The number of hydrogen-bond acceptors (Lipinski definition) is 4. The molecule has 2 aromatic carbocycles. The summed E-state index contributed by atoms with van der Waals surface area (Å²) in [6.45, 7) is 1.46. The zero-order valence-electron chi connectivity index (χ0n) is 14.7. The summed E-state index contributed by atoms with van der Waals surface area (Å²) in [5.41, 5.74) is 1.74. The van der Waals surface area contributed by atoms with E-state index in [1.54, 1.807) is 24.4 Å². The number of nitriles is 1. The summed E-state index contributed by atoms with van der Waals surface area (Å²) in [5, 5.41) is 13.3. The summed E-state index contributed by atoms with van der Waals surface area (Å²) >= 11 is 0. The Morgan fingerprint density at radius 1 is 1.19 bits per heavy atom. The standard InChI is InChI=1S/C20H15F2N3O2/c1-12(26)10-25-11-16(13-5-6-19(27-2)18(22)7-13)20(24-25)14-3-4-15(9-23)17(21)8-14/h3-8,11H,10H2,1-2H3. The van der Waals surface area contributed by atoms with Crippen molar-refractivity contribution in [3.05, 3.63) is 59.8 Å². The van der Waals surface area contributed by atoms with Gasteiger partial charge in [-0.2, -0.15) is 10.4 Å². The lowest BCUT2D eigenvalue weighted by Crippen LogP contribution is -2.06. The molecule has 0 saturated carbocycles. The van der Waals surface area contributed by atoms with Crippen LogP contribution in [0.25, 0.3) is 22.4 Å². The maximum atomic E-state index is 14.1. The van der Waals surface area contributed by atoms with E-state index in [0.717, 1.165) is 0 Å². The summed E-state index contributed by atoms with van der Waals surface area (Å²) in [4.78, 5) is 11.4. The SMILES string of the molecule is COc1ccc(-c2cn(CC(C)=O)nc2-c2ccc(C#N)c(F)c2)cc1F. The molecule has 0 spiro atoms. The molecule has 0 radical (unpaired) electrons. The number of hydrogen-bond donors (Lipinski definition) is 0. The second-order valence-corrected chi connectivity index (χ2v) is 5.95. The smallest absolute Gasteiger partial charge is 0.165 e. The fraction of sp³-hybridized carbons (Fsp3) is 0.150. The van der Waals surface area contributed by atoms with Crippen LogP contribution in [0, 0.1) is 23.0 Å². The highest BCUT2D eigenvalue weighted by atomic mass is 19.1. The zero-order valence-corrected chi connectivity index (χ0v) is 14.7. The van der Waals surface area contributed by atoms with Crippen molar-refractivity contribution in [1.29, 1.82) is 5.26 Å². The van der Waals surface area contributed by atoms with Crippen LogP contribution in [-0.2, 0) is 11.3 Å². The molecule has 7 heteroatoms. The highest BCUT2D eigenvalue weighted by Gasteiger charge is 2.17. The van der Waals surface area contributed by atoms with E-state index < -0.39 is 11.6 Å². The van der Waals surface area contributed by atoms with Crippen molar-refractivity contribution in [2.24, 2.45) is 0 Å². The molecule has 0 atom stereocenters. The minimum Gasteiger partial charge on any atom is -0.494 e. The van der Waals surface area contributed by atoms with Crippen molar-refractivity contribution in [3.8, 4) is 34.2 Å². The Morgan fingerprint density at radius 3 is 2.48 bits per heavy atom. The average Bonchev–Trinajstić information content (AvgIpc) is 3.04. The number of rotatable bonds is 5. The molecule has 0 saturated heterocycles. The third kappa shape index (κ3) is 3.70. The monoisotopic (exact) mass is 367 g/mol. The van der Waals surface area contributed by atoms with E-state index in [4.69, 9.17) is 10.00 Å². The van der Waals surface area contributed by atoms with Crippen molar-refractivity contribution < 1.29 is 18.3 Å². The van der Waals surface area contributed by atoms with Gasteiger partial charge in [-0.15, -0.1) is 0 Å². The molecule has 0 N–H and O–H groups in total. The van der Waals surface area contributed by atoms with Gasteiger partial charge in [0, 0.05) is 17.3 Å². The average molecular weight is 367 g/mol. The molecule has 0 aliphatic rings. The third-order valence-electron chi connectivity index (χ3n) is 3.97. The molecule has 1 aromatic heterocycles. The molecule has 0 unspecified atom stereocenters. The molecule has 136 valence electrons. The Hall–Kier alpha value is -3.53. The normalized spacial score (nSPS) is 10.5. The number of carbonyl (C=O) groups excluding carboxylic acids is 1. The van der Waals surface area contributed by atoms with Gasteiger partial charge in [-0.25, -0.2) is 8.78 Å². The predicted molar refractivity (Wildman–Crippen MR) is 95.0 cm³/mol. The van der Waals surface area contributed by atoms with Crippen LogP contribution in [0.15, 0.2) is 42.6 Å². The molecule has 0 fully saturated rings. The molecule has 1 heterocycles. The third-order valence-corrected chi connectivity index (χ3v) is 3.97. The Bertz CT molecular complexity index is 1070. The lowest BCUT2D eigenvalue weighted by atomic mass is 10.0. The summed E-state index contributed by atoms with van der Waals surface area (Å²) in [6.07, 6.45) is 1.61. The molecule has 27 heavy (non-hydrogen) atoms. The molecule has 0 bridgehead atoms. The maximum absolute atomic E-state index is 14.1. The first-order chi connectivity index (χ1) is 12.9. The van der Waals surface area contributed by atoms with Gasteiger partial charge in [0.1, 0.15) is 17.6 Å². The lowest BCUT2D eigenvalue weighted by Gasteiger charge is -2.06. The van der Waals surface area contributed by atoms with Crippen LogP contribution in [-0.4, -0.2) is 22.7 Å². The van der Waals surface area contributed by atoms with Crippen molar-refractivity contribution in [2.75, 3.05) is 7.11 Å². The van der Waals surface area contributed by atoms with Crippen molar-refractivity contribution in [3.63, 3.8) is 0 Å². The Balaban J connectivity index is 2.16. The number of nitrogens with zero attached hydrogens (tertiary/aromatic N) is 3. The first kappa shape index (κ1) is 18.3. The van der Waals surface area contributed by atoms with E-state index in [-0.39, 0.29) is 23.6 Å². The van der Waals surface area contributed by atoms with Crippen LogP contribution in [0.1, 0.15) is 12.5 Å². The first-order valence-electron chi connectivity index (χ1n) is 8.03. The van der Waals surface area contributed by atoms with Gasteiger partial charge in [0.15, 0.2) is 17.3 Å². The van der Waals surface area contributed by atoms with Crippen molar-refractivity contribution >= 4 is 5.78 Å². The van der Waals surface area contributed by atoms with E-state index in [1.807, 2.05) is 0 Å². The van der Waals surface area contributed by atoms with Gasteiger partial charge in [-0.3, -0.25) is 9.48 Å². The second kappa shape index (κ2) is 7.38. The maximum Gasteiger partial charge on any atom is 0.165 e. The van der Waals surface area contributed by atoms with Crippen molar-refractivity contribution in [2.45, 2.75) is 13.5 Å². The highest BCUT2D eigenvalue weighted by molar-refractivity contribution is 5.82. The largest absolute Gasteiger partial charge is 0.494 e. The van der Waals surface area contributed by atoms with Gasteiger partial charge in [0.2, 0.25) is 0 Å². The first-order valence-corrected chi connectivity index (χ1v) is 8.03. The Kier molecular flexibility index (Phi) is 4.99. The van der Waals surface area contributed by atoms with Gasteiger partial charge in [-0.1, -0.05) is 12.1 Å². The van der Waals surface area contributed by atoms with Gasteiger partial charge in [0.05, 0.1) is 19.2 Å². The van der Waals surface area contributed by atoms with Gasteiger partial charge in [0.25, 0.3) is 0 Å². The molecule has 3 aromatic rings. The number of Topliss-reactive ketones (excluding diaryl/α,β-unsaturated/α-hetero) is 1. The Labute approximate surface area is 154 Å². The van der Waals surface area contributed by atoms with E-state index in [2.05, 4.69) is 5.10 Å². The second-order valence-electron chi connectivity index (χ2n) is 5.95. The fourth-order valence-corrected chi connectivity index (χ4v) is 2.74. The Morgan fingerprint density at radius 2 is 1.89 bits per heavy atom. The molecule has 3 rings (SSSR count). The summed E-state index contributed by atoms with van der Waals surface area (Å²) in [6, 6.07) is 10.3. The quantitative estimate of drug-likeness (QED) is 0.684. The van der Waals surface area contributed by atoms with Crippen LogP contribution in [0.2, 0.25) is 0 Å². The van der Waals surface area contributed by atoms with E-state index >= 15 is 0 Å². The number of ketones is 1. The fourth-order valence-electron chi connectivity index (χ4n) is 2.74. The summed E-state index contributed by atoms with van der Waals surface area (Å²) in [5.74, 6) is -1.24. The number of carbonyl (C=O) groups is 1. The van der Waals surface area contributed by atoms with Gasteiger partial charge in [-0.05, 0) is 36.8 Å². The lowest BCUT2D eigenvalue weighted by molar-refractivity contribution is -0.117. The number of benzene rings is 2. The van der Waals surface area contributed by atoms with E-state index in [0.29, 0.717) is 22.4 Å². The van der Waals surface area contributed by atoms with Gasteiger partial charge < -0.3 is 4.74 Å². The minimum absolute atomic E-state index is 0.0321. The van der Waals surface area contributed by atoms with E-state index in [1.165, 1.54) is 43.0 Å². The minimum atomic E-state index is -0.678. The van der Waals surface area contributed by atoms with Gasteiger partial charge >= 0.3 is 0 Å². The van der Waals surface area contributed by atoms with E-state index in [9.17, 15) is 13.6 Å². The molecular formula is C20H15F2N3O2.